The van der Waals surface area contributed by atoms with Crippen LogP contribution in [-0.4, -0.2) is 12.0 Å². The van der Waals surface area contributed by atoms with Gasteiger partial charge in [0.25, 0.3) is 0 Å². The van der Waals surface area contributed by atoms with Crippen LogP contribution < -0.4 is 11.2 Å². The summed E-state index contributed by atoms with van der Waals surface area (Å²) in [5, 5.41) is 0. The van der Waals surface area contributed by atoms with Crippen molar-refractivity contribution < 1.29 is 31.5 Å². The summed E-state index contributed by atoms with van der Waals surface area (Å²) in [5.41, 5.74) is 7.60. The van der Waals surface area contributed by atoms with E-state index >= 15 is 0 Å². The second-order valence-electron chi connectivity index (χ2n) is 8.24. The molecule has 0 aliphatic heterocycles. The van der Waals surface area contributed by atoms with Gasteiger partial charge in [-0.3, -0.25) is 0 Å². The zero-order chi connectivity index (χ0) is 19.9. The maximum absolute atomic E-state index is 11.4. The van der Waals surface area contributed by atoms with Gasteiger partial charge < -0.3 is 10.6 Å². The van der Waals surface area contributed by atoms with Gasteiger partial charge in [0, 0.05) is 23.1 Å². The van der Waals surface area contributed by atoms with E-state index in [0.717, 1.165) is 30.3 Å². The van der Waals surface area contributed by atoms with Crippen LogP contribution in [0.5, 0.6) is 0 Å². The van der Waals surface area contributed by atoms with Crippen LogP contribution in [0.25, 0.3) is 0 Å². The van der Waals surface area contributed by atoms with Crippen molar-refractivity contribution in [3.05, 3.63) is 11.6 Å². The first-order valence-electron chi connectivity index (χ1n) is 10.1. The number of hydrogen-bond acceptors (Lipinski definition) is 3. The normalized spacial score (nSPS) is 13.6. The van der Waals surface area contributed by atoms with Gasteiger partial charge in [-0.1, -0.05) is 78.2 Å². The monoisotopic (exact) mass is 424 g/mol. The number of urea groups is 1. The Morgan fingerprint density at radius 1 is 0.926 bits per heavy atom. The number of rotatable bonds is 13. The van der Waals surface area contributed by atoms with E-state index in [-0.39, 0.29) is 17.1 Å². The average Bonchev–Trinajstić information content (AvgIpc) is 2.52. The van der Waals surface area contributed by atoms with E-state index in [1.165, 1.54) is 51.0 Å². The fourth-order valence-electron chi connectivity index (χ4n) is 3.11. The largest absolute Gasteiger partial charge is 0.355 e. The number of hydrogen-bond donors (Lipinski definition) is 2. The van der Waals surface area contributed by atoms with Crippen LogP contribution in [0.15, 0.2) is 11.6 Å². The fraction of sp³-hybridized carbons (Fsp3) is 0.810. The topological polar surface area (TPSA) is 81.4 Å². The molecule has 0 unspecified atom stereocenters. The Kier molecular flexibility index (Phi) is 17.9. The van der Waals surface area contributed by atoms with Crippen LogP contribution in [0.1, 0.15) is 92.4 Å². The van der Waals surface area contributed by atoms with Crippen LogP contribution in [0, 0.1) is 17.8 Å². The molecular formula is C21H40FeN2O3. The number of hydroxylamine groups is 1. The van der Waals surface area contributed by atoms with E-state index < -0.39 is 12.0 Å². The van der Waals surface area contributed by atoms with E-state index in [1.54, 1.807) is 0 Å². The zero-order valence-corrected chi connectivity index (χ0v) is 18.9. The summed E-state index contributed by atoms with van der Waals surface area (Å²) in [4.78, 5) is 26.3. The van der Waals surface area contributed by atoms with Crippen molar-refractivity contribution in [2.24, 2.45) is 23.5 Å². The molecule has 27 heavy (non-hydrogen) atoms. The molecule has 5 nitrogen and oxygen atoms in total. The Morgan fingerprint density at radius 3 is 1.89 bits per heavy atom. The molecule has 0 saturated carbocycles. The van der Waals surface area contributed by atoms with Gasteiger partial charge in [-0.15, -0.1) is 0 Å². The maximum atomic E-state index is 11.4. The molecule has 2 amide bonds. The number of primary amides is 1. The molecule has 2 atom stereocenters. The van der Waals surface area contributed by atoms with Gasteiger partial charge in [0.1, 0.15) is 0 Å². The number of amides is 2. The molecule has 0 aliphatic carbocycles. The molecule has 0 fully saturated rings. The quantitative estimate of drug-likeness (QED) is 0.233. The minimum absolute atomic E-state index is 0. The van der Waals surface area contributed by atoms with Crippen molar-refractivity contribution in [3.63, 3.8) is 0 Å². The van der Waals surface area contributed by atoms with E-state index in [2.05, 4.69) is 32.5 Å². The van der Waals surface area contributed by atoms with E-state index in [4.69, 9.17) is 5.73 Å². The Morgan fingerprint density at radius 2 is 1.41 bits per heavy atom. The van der Waals surface area contributed by atoms with Crippen molar-refractivity contribution in [2.75, 3.05) is 0 Å². The van der Waals surface area contributed by atoms with Gasteiger partial charge in [-0.25, -0.2) is 9.59 Å². The van der Waals surface area contributed by atoms with Gasteiger partial charge in [-0.2, -0.15) is 5.48 Å². The average molecular weight is 424 g/mol. The van der Waals surface area contributed by atoms with Gasteiger partial charge in [0.05, 0.1) is 0 Å². The standard InChI is InChI=1S/C21H40N2O3.Fe/c1-16(2)9-6-10-17(3)11-7-12-18(4)13-8-14-19(5)15-20(24)26-23-21(22)25;/h15-18H,6-14H2,1-5H3,(H3,22,23,25);/b19-15+;/t17-,18-;/m1./s1. The van der Waals surface area contributed by atoms with Gasteiger partial charge >= 0.3 is 12.0 Å². The van der Waals surface area contributed by atoms with Crippen LogP contribution in [-0.2, 0) is 26.7 Å². The molecule has 0 rings (SSSR count). The second kappa shape index (κ2) is 17.1. The summed E-state index contributed by atoms with van der Waals surface area (Å²) in [6.45, 7) is 11.2. The summed E-state index contributed by atoms with van der Waals surface area (Å²) < 4.78 is 0. The predicted octanol–water partition coefficient (Wildman–Crippen LogP) is 5.50. The van der Waals surface area contributed by atoms with E-state index in [9.17, 15) is 9.59 Å². The van der Waals surface area contributed by atoms with E-state index in [1.807, 2.05) is 12.4 Å². The molecule has 0 heterocycles. The van der Waals surface area contributed by atoms with Crippen LogP contribution in [0.2, 0.25) is 0 Å². The molecule has 0 radical (unpaired) electrons. The first kappa shape index (κ1) is 28.2. The minimum atomic E-state index is -0.882. The SMILES string of the molecule is C/C(=C\C(=O)ONC(N)=O)CCC[C@H](C)CCC[C@H](C)CCCC(C)C.[Fe]. The smallest absolute Gasteiger partial charge is 0.349 e. The van der Waals surface area contributed by atoms with Crippen molar-refractivity contribution in [1.82, 2.24) is 5.48 Å². The number of nitrogens with two attached hydrogens (primary N) is 1. The number of carbonyl (C=O) groups excluding carboxylic acids is 2. The Balaban J connectivity index is 0. The number of nitrogens with one attached hydrogen (secondary N) is 1. The first-order chi connectivity index (χ1) is 12.2. The van der Waals surface area contributed by atoms with Crippen LogP contribution in [0.4, 0.5) is 4.79 Å². The molecule has 0 spiro atoms. The summed E-state index contributed by atoms with van der Waals surface area (Å²) >= 11 is 0. The Bertz CT molecular complexity index is 439. The third-order valence-corrected chi connectivity index (χ3v) is 4.76. The van der Waals surface area contributed by atoms with E-state index in [0.29, 0.717) is 5.92 Å². The first-order valence-corrected chi connectivity index (χ1v) is 10.1. The minimum Gasteiger partial charge on any atom is -0.349 e. The zero-order valence-electron chi connectivity index (χ0n) is 17.8. The maximum Gasteiger partial charge on any atom is 0.355 e. The van der Waals surface area contributed by atoms with Crippen LogP contribution in [0.3, 0.4) is 0 Å². The van der Waals surface area contributed by atoms with Crippen molar-refractivity contribution in [1.29, 1.82) is 0 Å². The second-order valence-corrected chi connectivity index (χ2v) is 8.24. The van der Waals surface area contributed by atoms with Gasteiger partial charge in [0.15, 0.2) is 0 Å². The van der Waals surface area contributed by atoms with Crippen LogP contribution >= 0.6 is 0 Å². The Labute approximate surface area is 176 Å². The molecule has 0 bridgehead atoms. The molecule has 0 aliphatic rings. The summed E-state index contributed by atoms with van der Waals surface area (Å²) in [5.74, 6) is 1.78. The molecule has 0 aromatic heterocycles. The predicted molar refractivity (Wildman–Crippen MR) is 107 cm³/mol. The third kappa shape index (κ3) is 19.6. The van der Waals surface area contributed by atoms with Crippen molar-refractivity contribution in [3.8, 4) is 0 Å². The molecule has 3 N–H and O–H groups in total. The molecular weight excluding hydrogens is 384 g/mol. The summed E-state index contributed by atoms with van der Waals surface area (Å²) in [6.07, 6.45) is 12.5. The summed E-state index contributed by atoms with van der Waals surface area (Å²) in [7, 11) is 0. The molecule has 6 heteroatoms. The molecule has 0 saturated heterocycles. The fourth-order valence-corrected chi connectivity index (χ4v) is 3.11. The van der Waals surface area contributed by atoms with Crippen molar-refractivity contribution in [2.45, 2.75) is 92.4 Å². The molecule has 160 valence electrons. The van der Waals surface area contributed by atoms with Crippen molar-refractivity contribution >= 4 is 12.0 Å². The number of allylic oxidation sites excluding steroid dienone is 1. The van der Waals surface area contributed by atoms with Gasteiger partial charge in [-0.05, 0) is 37.5 Å². The molecule has 0 aromatic carbocycles. The third-order valence-electron chi connectivity index (χ3n) is 4.76. The Hall–Kier alpha value is -1.00. The van der Waals surface area contributed by atoms with Gasteiger partial charge in [0.2, 0.25) is 0 Å². The molecule has 0 aromatic rings. The number of carbonyl (C=O) groups is 2. The summed E-state index contributed by atoms with van der Waals surface area (Å²) in [6, 6.07) is -0.882.